The first-order valence-corrected chi connectivity index (χ1v) is 12.4. The number of rotatable bonds is 4. The fourth-order valence-corrected chi connectivity index (χ4v) is 8.44. The van der Waals surface area contributed by atoms with Crippen LogP contribution in [0, 0.1) is 52.3 Å². The Labute approximate surface area is 178 Å². The summed E-state index contributed by atoms with van der Waals surface area (Å²) in [7, 11) is 0. The monoisotopic (exact) mass is 398 g/mol. The first-order valence-electron chi connectivity index (χ1n) is 12.4. The van der Waals surface area contributed by atoms with Crippen LogP contribution in [-0.4, -0.2) is 11.6 Å². The quantitative estimate of drug-likeness (QED) is 0.498. The zero-order valence-corrected chi connectivity index (χ0v) is 19.4. The molecule has 0 amide bonds. The molecule has 8 atom stereocenters. The van der Waals surface area contributed by atoms with Crippen LogP contribution in [0.3, 0.4) is 0 Å². The molecule has 1 unspecified atom stereocenters. The number of ketones is 2. The second-order valence-electron chi connectivity index (χ2n) is 12.0. The van der Waals surface area contributed by atoms with Gasteiger partial charge in [0.1, 0.15) is 11.6 Å². The lowest BCUT2D eigenvalue weighted by atomic mass is 9.44. The van der Waals surface area contributed by atoms with E-state index in [-0.39, 0.29) is 11.3 Å². The maximum atomic E-state index is 13.2. The summed E-state index contributed by atoms with van der Waals surface area (Å²) in [6.07, 6.45) is 14.2. The summed E-state index contributed by atoms with van der Waals surface area (Å²) in [4.78, 5) is 25.3. The van der Waals surface area contributed by atoms with E-state index in [0.717, 1.165) is 24.7 Å². The maximum Gasteiger partial charge on any atom is 0.137 e. The first kappa shape index (κ1) is 21.3. The van der Waals surface area contributed by atoms with Gasteiger partial charge in [-0.05, 0) is 84.9 Å². The molecule has 0 N–H and O–H groups in total. The molecule has 0 radical (unpaired) electrons. The van der Waals surface area contributed by atoms with Crippen LogP contribution in [0.1, 0.15) is 92.4 Å². The maximum absolute atomic E-state index is 13.2. The molecular formula is C27H42O2. The van der Waals surface area contributed by atoms with Crippen molar-refractivity contribution in [3.05, 3.63) is 12.2 Å². The lowest BCUT2D eigenvalue weighted by Gasteiger charge is -2.59. The van der Waals surface area contributed by atoms with Crippen molar-refractivity contribution in [3.63, 3.8) is 0 Å². The fourth-order valence-electron chi connectivity index (χ4n) is 8.44. The summed E-state index contributed by atoms with van der Waals surface area (Å²) in [5.74, 6) is 4.79. The molecule has 29 heavy (non-hydrogen) atoms. The molecule has 4 saturated carbocycles. The number of carbonyl (C=O) groups excluding carboxylic acids is 2. The standard InChI is InChI=1S/C27H42O2/c1-17(2)7-6-8-18(3)21-9-10-22-20-16-25(29)24-15-19(28)11-13-27(24,5)23(20)12-14-26(21,22)4/h6,8,17-18,20-24H,7,9-16H2,1-5H3/t18-,20+,21-,22+,23+,24?,26-,27-/m1/s1. The molecule has 162 valence electrons. The Balaban J connectivity index is 1.55. The third-order valence-corrected chi connectivity index (χ3v) is 10.0. The molecule has 4 fully saturated rings. The van der Waals surface area contributed by atoms with Gasteiger partial charge in [0.25, 0.3) is 0 Å². The number of allylic oxidation sites excluding steroid dienone is 2. The number of hydrogen-bond acceptors (Lipinski definition) is 2. The summed E-state index contributed by atoms with van der Waals surface area (Å²) in [6, 6.07) is 0. The molecule has 0 saturated heterocycles. The van der Waals surface area contributed by atoms with Gasteiger partial charge in [-0.15, -0.1) is 0 Å². The zero-order chi connectivity index (χ0) is 21.0. The van der Waals surface area contributed by atoms with E-state index < -0.39 is 0 Å². The van der Waals surface area contributed by atoms with Gasteiger partial charge in [-0.25, -0.2) is 0 Å². The van der Waals surface area contributed by atoms with Gasteiger partial charge in [0.05, 0.1) is 0 Å². The highest BCUT2D eigenvalue weighted by molar-refractivity contribution is 5.90. The Kier molecular flexibility index (Phi) is 5.62. The SMILES string of the molecule is CC(C)CC=C[C@@H](C)[C@H]1CC[C@H]2[C@@H]3CC(=O)C4CC(=O)CC[C@]4(C)[C@H]3CC[C@]12C. The van der Waals surface area contributed by atoms with Crippen LogP contribution >= 0.6 is 0 Å². The number of fused-ring (bicyclic) bond motifs is 5. The van der Waals surface area contributed by atoms with Crippen LogP contribution in [0.4, 0.5) is 0 Å². The predicted molar refractivity (Wildman–Crippen MR) is 118 cm³/mol. The van der Waals surface area contributed by atoms with Crippen molar-refractivity contribution in [2.45, 2.75) is 92.4 Å². The topological polar surface area (TPSA) is 34.1 Å². The second kappa shape index (κ2) is 7.65. The summed E-state index contributed by atoms with van der Waals surface area (Å²) in [6.45, 7) is 11.9. The number of carbonyl (C=O) groups is 2. The summed E-state index contributed by atoms with van der Waals surface area (Å²) < 4.78 is 0. The van der Waals surface area contributed by atoms with E-state index >= 15 is 0 Å². The fraction of sp³-hybridized carbons (Fsp3) is 0.852. The van der Waals surface area contributed by atoms with E-state index in [0.29, 0.717) is 53.5 Å². The second-order valence-corrected chi connectivity index (χ2v) is 12.0. The van der Waals surface area contributed by atoms with Crippen molar-refractivity contribution < 1.29 is 9.59 Å². The Bertz CT molecular complexity index is 691. The van der Waals surface area contributed by atoms with Gasteiger partial charge in [0.2, 0.25) is 0 Å². The van der Waals surface area contributed by atoms with E-state index in [4.69, 9.17) is 0 Å². The molecule has 0 spiro atoms. The van der Waals surface area contributed by atoms with Gasteiger partial charge in [0.15, 0.2) is 0 Å². The molecule has 0 aromatic carbocycles. The largest absolute Gasteiger partial charge is 0.300 e. The smallest absolute Gasteiger partial charge is 0.137 e. The molecule has 0 heterocycles. The Morgan fingerprint density at radius 2 is 1.69 bits per heavy atom. The van der Waals surface area contributed by atoms with Crippen LogP contribution in [0.15, 0.2) is 12.2 Å². The average molecular weight is 399 g/mol. The van der Waals surface area contributed by atoms with Gasteiger partial charge in [-0.2, -0.15) is 0 Å². The zero-order valence-electron chi connectivity index (χ0n) is 19.4. The lowest BCUT2D eigenvalue weighted by Crippen LogP contribution is -2.56. The normalized spacial score (nSPS) is 45.9. The van der Waals surface area contributed by atoms with Crippen molar-refractivity contribution in [3.8, 4) is 0 Å². The average Bonchev–Trinajstić information content (AvgIpc) is 3.00. The third-order valence-electron chi connectivity index (χ3n) is 10.0. The van der Waals surface area contributed by atoms with Crippen molar-refractivity contribution in [1.82, 2.24) is 0 Å². The van der Waals surface area contributed by atoms with Gasteiger partial charge in [-0.1, -0.05) is 46.8 Å². The van der Waals surface area contributed by atoms with Crippen LogP contribution in [0.25, 0.3) is 0 Å². The molecule has 0 aromatic rings. The molecule has 0 aliphatic heterocycles. The van der Waals surface area contributed by atoms with Crippen LogP contribution < -0.4 is 0 Å². The molecule has 4 rings (SSSR count). The predicted octanol–water partition coefficient (Wildman–Crippen LogP) is 6.63. The molecule has 2 heteroatoms. The van der Waals surface area contributed by atoms with Gasteiger partial charge >= 0.3 is 0 Å². The first-order chi connectivity index (χ1) is 13.7. The molecule has 2 nitrogen and oxygen atoms in total. The van der Waals surface area contributed by atoms with E-state index in [1.54, 1.807) is 0 Å². The summed E-state index contributed by atoms with van der Waals surface area (Å²) in [5.41, 5.74) is 0.465. The Morgan fingerprint density at radius 1 is 0.966 bits per heavy atom. The summed E-state index contributed by atoms with van der Waals surface area (Å²) >= 11 is 0. The highest BCUT2D eigenvalue weighted by Crippen LogP contribution is 2.67. The van der Waals surface area contributed by atoms with Crippen molar-refractivity contribution in [2.75, 3.05) is 0 Å². The van der Waals surface area contributed by atoms with Crippen LogP contribution in [-0.2, 0) is 9.59 Å². The number of Topliss-reactive ketones (excluding diaryl/α,β-unsaturated/α-hetero) is 2. The third kappa shape index (κ3) is 3.47. The minimum Gasteiger partial charge on any atom is -0.300 e. The Morgan fingerprint density at radius 3 is 2.41 bits per heavy atom. The minimum absolute atomic E-state index is 0.0180. The van der Waals surface area contributed by atoms with Crippen LogP contribution in [0.2, 0.25) is 0 Å². The molecular weight excluding hydrogens is 356 g/mol. The van der Waals surface area contributed by atoms with Crippen molar-refractivity contribution >= 4 is 11.6 Å². The summed E-state index contributed by atoms with van der Waals surface area (Å²) in [5, 5.41) is 0. The van der Waals surface area contributed by atoms with E-state index in [1.165, 1.54) is 32.1 Å². The van der Waals surface area contributed by atoms with E-state index in [1.807, 2.05) is 0 Å². The molecule has 4 aliphatic carbocycles. The van der Waals surface area contributed by atoms with E-state index in [9.17, 15) is 9.59 Å². The molecule has 4 aliphatic rings. The highest BCUT2D eigenvalue weighted by Gasteiger charge is 2.62. The highest BCUT2D eigenvalue weighted by atomic mass is 16.1. The van der Waals surface area contributed by atoms with Crippen molar-refractivity contribution in [1.29, 1.82) is 0 Å². The van der Waals surface area contributed by atoms with Crippen LogP contribution in [0.5, 0.6) is 0 Å². The number of hydrogen-bond donors (Lipinski definition) is 0. The lowest BCUT2D eigenvalue weighted by molar-refractivity contribution is -0.158. The van der Waals surface area contributed by atoms with E-state index in [2.05, 4.69) is 46.8 Å². The Hall–Kier alpha value is -0.920. The van der Waals surface area contributed by atoms with Gasteiger partial charge in [0, 0.05) is 25.2 Å². The minimum atomic E-state index is 0.0180. The molecule has 0 aromatic heterocycles. The molecule has 0 bridgehead atoms. The van der Waals surface area contributed by atoms with Gasteiger partial charge < -0.3 is 0 Å². The van der Waals surface area contributed by atoms with Crippen molar-refractivity contribution in [2.24, 2.45) is 52.3 Å². The van der Waals surface area contributed by atoms with Gasteiger partial charge in [-0.3, -0.25) is 9.59 Å².